The van der Waals surface area contributed by atoms with Gasteiger partial charge in [-0.1, -0.05) is 34.1 Å². The van der Waals surface area contributed by atoms with Gasteiger partial charge in [0.25, 0.3) is 0 Å². The standard InChI is InChI=1S/C15H15BrFNO/c16-12-7-8-15(14(17)11-12)18-9-4-10-19-13-5-2-1-3-6-13/h1-3,5-8,11,18H,4,9-10H2. The number of nitrogens with one attached hydrogen (secondary N) is 1. The number of anilines is 1. The van der Waals surface area contributed by atoms with Crippen LogP contribution in [0.1, 0.15) is 6.42 Å². The molecule has 0 atom stereocenters. The van der Waals surface area contributed by atoms with Crippen LogP contribution in [0, 0.1) is 5.82 Å². The zero-order valence-electron chi connectivity index (χ0n) is 10.4. The summed E-state index contributed by atoms with van der Waals surface area (Å²) in [4.78, 5) is 0. The lowest BCUT2D eigenvalue weighted by Crippen LogP contribution is -2.08. The Morgan fingerprint density at radius 1 is 1.11 bits per heavy atom. The lowest BCUT2D eigenvalue weighted by Gasteiger charge is -2.09. The zero-order valence-corrected chi connectivity index (χ0v) is 12.0. The Hall–Kier alpha value is -1.55. The second kappa shape index (κ2) is 7.14. The van der Waals surface area contributed by atoms with E-state index in [1.807, 2.05) is 36.4 Å². The van der Waals surface area contributed by atoms with Crippen molar-refractivity contribution < 1.29 is 9.13 Å². The molecule has 0 aliphatic rings. The number of para-hydroxylation sites is 1. The molecular formula is C15H15BrFNO. The smallest absolute Gasteiger partial charge is 0.147 e. The van der Waals surface area contributed by atoms with Crippen molar-refractivity contribution in [3.8, 4) is 5.75 Å². The SMILES string of the molecule is Fc1cc(Br)ccc1NCCCOc1ccccc1. The van der Waals surface area contributed by atoms with Gasteiger partial charge in [-0.2, -0.15) is 0 Å². The fraction of sp³-hybridized carbons (Fsp3) is 0.200. The van der Waals surface area contributed by atoms with Gasteiger partial charge < -0.3 is 10.1 Å². The molecule has 2 aromatic carbocycles. The molecule has 4 heteroatoms. The number of rotatable bonds is 6. The van der Waals surface area contributed by atoms with E-state index in [0.29, 0.717) is 18.8 Å². The lowest BCUT2D eigenvalue weighted by molar-refractivity contribution is 0.315. The molecule has 100 valence electrons. The van der Waals surface area contributed by atoms with Crippen LogP contribution in [0.4, 0.5) is 10.1 Å². The predicted octanol–water partition coefficient (Wildman–Crippen LogP) is 4.47. The van der Waals surface area contributed by atoms with Gasteiger partial charge in [-0.05, 0) is 36.8 Å². The van der Waals surface area contributed by atoms with E-state index in [1.165, 1.54) is 6.07 Å². The second-order valence-corrected chi connectivity index (χ2v) is 4.98. The molecule has 2 aromatic rings. The molecule has 0 bridgehead atoms. The maximum absolute atomic E-state index is 13.5. The maximum atomic E-state index is 13.5. The van der Waals surface area contributed by atoms with Crippen molar-refractivity contribution in [3.05, 3.63) is 58.8 Å². The van der Waals surface area contributed by atoms with E-state index in [4.69, 9.17) is 4.74 Å². The third-order valence-electron chi connectivity index (χ3n) is 2.58. The Balaban J connectivity index is 1.69. The van der Waals surface area contributed by atoms with Crippen LogP contribution in [-0.4, -0.2) is 13.2 Å². The van der Waals surface area contributed by atoms with E-state index in [1.54, 1.807) is 6.07 Å². The molecule has 0 radical (unpaired) electrons. The maximum Gasteiger partial charge on any atom is 0.147 e. The van der Waals surface area contributed by atoms with Gasteiger partial charge in [0.2, 0.25) is 0 Å². The zero-order chi connectivity index (χ0) is 13.5. The fourth-order valence-electron chi connectivity index (χ4n) is 1.63. The van der Waals surface area contributed by atoms with Crippen LogP contribution in [0.3, 0.4) is 0 Å². The van der Waals surface area contributed by atoms with Crippen LogP contribution in [0.2, 0.25) is 0 Å². The summed E-state index contributed by atoms with van der Waals surface area (Å²) >= 11 is 3.23. The van der Waals surface area contributed by atoms with Crippen molar-refractivity contribution in [2.45, 2.75) is 6.42 Å². The summed E-state index contributed by atoms with van der Waals surface area (Å²) in [5.41, 5.74) is 0.517. The molecule has 0 aromatic heterocycles. The first kappa shape index (κ1) is 13.9. The van der Waals surface area contributed by atoms with Gasteiger partial charge in [0, 0.05) is 11.0 Å². The first-order valence-corrected chi connectivity index (χ1v) is 6.92. The lowest BCUT2D eigenvalue weighted by atomic mass is 10.3. The quantitative estimate of drug-likeness (QED) is 0.792. The van der Waals surface area contributed by atoms with E-state index in [-0.39, 0.29) is 5.82 Å². The summed E-state index contributed by atoms with van der Waals surface area (Å²) in [6.07, 6.45) is 0.810. The number of hydrogen-bond donors (Lipinski definition) is 1. The van der Waals surface area contributed by atoms with Crippen molar-refractivity contribution in [3.63, 3.8) is 0 Å². The van der Waals surface area contributed by atoms with Crippen molar-refractivity contribution in [2.75, 3.05) is 18.5 Å². The Labute approximate surface area is 120 Å². The summed E-state index contributed by atoms with van der Waals surface area (Å²) in [7, 11) is 0. The molecule has 2 rings (SSSR count). The van der Waals surface area contributed by atoms with Crippen LogP contribution in [0.15, 0.2) is 53.0 Å². The highest BCUT2D eigenvalue weighted by Gasteiger charge is 2.01. The van der Waals surface area contributed by atoms with E-state index >= 15 is 0 Å². The van der Waals surface area contributed by atoms with Crippen LogP contribution in [0.5, 0.6) is 5.75 Å². The van der Waals surface area contributed by atoms with Crippen molar-refractivity contribution in [1.82, 2.24) is 0 Å². The molecule has 1 N–H and O–H groups in total. The fourth-order valence-corrected chi connectivity index (χ4v) is 1.97. The molecule has 0 aliphatic heterocycles. The second-order valence-electron chi connectivity index (χ2n) is 4.07. The number of benzene rings is 2. The first-order chi connectivity index (χ1) is 9.25. The predicted molar refractivity (Wildman–Crippen MR) is 79.1 cm³/mol. The van der Waals surface area contributed by atoms with Gasteiger partial charge in [-0.3, -0.25) is 0 Å². The van der Waals surface area contributed by atoms with E-state index in [0.717, 1.165) is 16.6 Å². The topological polar surface area (TPSA) is 21.3 Å². The van der Waals surface area contributed by atoms with Crippen molar-refractivity contribution in [1.29, 1.82) is 0 Å². The third kappa shape index (κ3) is 4.56. The highest BCUT2D eigenvalue weighted by molar-refractivity contribution is 9.10. The summed E-state index contributed by atoms with van der Waals surface area (Å²) in [6, 6.07) is 14.6. The third-order valence-corrected chi connectivity index (χ3v) is 3.07. The molecule has 0 saturated carbocycles. The summed E-state index contributed by atoms with van der Waals surface area (Å²) in [5.74, 6) is 0.607. The average Bonchev–Trinajstić information content (AvgIpc) is 2.42. The van der Waals surface area contributed by atoms with Gasteiger partial charge in [0.15, 0.2) is 0 Å². The molecule has 0 fully saturated rings. The van der Waals surface area contributed by atoms with E-state index in [2.05, 4.69) is 21.2 Å². The van der Waals surface area contributed by atoms with E-state index in [9.17, 15) is 4.39 Å². The summed E-state index contributed by atoms with van der Waals surface area (Å²) < 4.78 is 19.8. The Morgan fingerprint density at radius 2 is 1.89 bits per heavy atom. The normalized spacial score (nSPS) is 10.2. The monoisotopic (exact) mass is 323 g/mol. The first-order valence-electron chi connectivity index (χ1n) is 6.12. The van der Waals surface area contributed by atoms with Crippen molar-refractivity contribution in [2.24, 2.45) is 0 Å². The Bertz CT molecular complexity index is 519. The summed E-state index contributed by atoms with van der Waals surface area (Å²) in [5, 5.41) is 3.05. The molecule has 0 amide bonds. The van der Waals surface area contributed by atoms with Crippen LogP contribution < -0.4 is 10.1 Å². The van der Waals surface area contributed by atoms with Crippen LogP contribution >= 0.6 is 15.9 Å². The Kier molecular flexibility index (Phi) is 5.21. The number of hydrogen-bond acceptors (Lipinski definition) is 2. The van der Waals surface area contributed by atoms with Gasteiger partial charge in [0.05, 0.1) is 12.3 Å². The van der Waals surface area contributed by atoms with Gasteiger partial charge >= 0.3 is 0 Å². The summed E-state index contributed by atoms with van der Waals surface area (Å²) in [6.45, 7) is 1.28. The van der Waals surface area contributed by atoms with Crippen LogP contribution in [0.25, 0.3) is 0 Å². The van der Waals surface area contributed by atoms with E-state index < -0.39 is 0 Å². The van der Waals surface area contributed by atoms with Gasteiger partial charge in [-0.15, -0.1) is 0 Å². The highest BCUT2D eigenvalue weighted by atomic mass is 79.9. The largest absolute Gasteiger partial charge is 0.494 e. The number of halogens is 2. The highest BCUT2D eigenvalue weighted by Crippen LogP contribution is 2.19. The minimum absolute atomic E-state index is 0.252. The minimum atomic E-state index is -0.252. The molecule has 2 nitrogen and oxygen atoms in total. The minimum Gasteiger partial charge on any atom is -0.494 e. The average molecular weight is 324 g/mol. The van der Waals surface area contributed by atoms with Gasteiger partial charge in [0.1, 0.15) is 11.6 Å². The number of ether oxygens (including phenoxy) is 1. The van der Waals surface area contributed by atoms with Gasteiger partial charge in [-0.25, -0.2) is 4.39 Å². The molecular weight excluding hydrogens is 309 g/mol. The molecule has 0 spiro atoms. The molecule has 19 heavy (non-hydrogen) atoms. The molecule has 0 saturated heterocycles. The van der Waals surface area contributed by atoms with Crippen molar-refractivity contribution >= 4 is 21.6 Å². The Morgan fingerprint density at radius 3 is 2.63 bits per heavy atom. The molecule has 0 heterocycles. The molecule has 0 aliphatic carbocycles. The van der Waals surface area contributed by atoms with Crippen LogP contribution in [-0.2, 0) is 0 Å². The molecule has 0 unspecified atom stereocenters.